The highest BCUT2D eigenvalue weighted by Gasteiger charge is 2.12. The molecule has 0 aliphatic carbocycles. The van der Waals surface area contributed by atoms with E-state index in [1.54, 1.807) is 18.4 Å². The van der Waals surface area contributed by atoms with Crippen molar-refractivity contribution >= 4 is 32.1 Å². The topological polar surface area (TPSA) is 21.3 Å². The Labute approximate surface area is 91.5 Å². The number of fused-ring (bicyclic) bond motifs is 1. The molecule has 0 spiro atoms. The Morgan fingerprint density at radius 2 is 2.36 bits per heavy atom. The van der Waals surface area contributed by atoms with Crippen LogP contribution < -0.4 is 5.32 Å². The summed E-state index contributed by atoms with van der Waals surface area (Å²) < 4.78 is 7.92. The smallest absolute Gasteiger partial charge is 0.0665 e. The summed E-state index contributed by atoms with van der Waals surface area (Å²) in [7, 11) is 3.71. The molecule has 2 rings (SSSR count). The summed E-state index contributed by atoms with van der Waals surface area (Å²) in [6.45, 7) is 0.726. The van der Waals surface area contributed by atoms with E-state index in [0.717, 1.165) is 6.61 Å². The van der Waals surface area contributed by atoms with E-state index in [9.17, 15) is 0 Å². The molecule has 2 aromatic rings. The zero-order valence-corrected chi connectivity index (χ0v) is 9.87. The fourth-order valence-corrected chi connectivity index (χ4v) is 3.65. The van der Waals surface area contributed by atoms with Crippen molar-refractivity contribution in [3.05, 3.63) is 22.4 Å². The lowest BCUT2D eigenvalue weighted by Gasteiger charge is -2.12. The van der Waals surface area contributed by atoms with Crippen LogP contribution in [0, 0.1) is 0 Å². The van der Waals surface area contributed by atoms with E-state index in [1.807, 2.05) is 18.4 Å². The zero-order chi connectivity index (χ0) is 9.97. The van der Waals surface area contributed by atoms with Gasteiger partial charge in [-0.3, -0.25) is 0 Å². The normalized spacial score (nSPS) is 13.6. The van der Waals surface area contributed by atoms with Crippen LogP contribution in [-0.4, -0.2) is 20.8 Å². The summed E-state index contributed by atoms with van der Waals surface area (Å²) in [6, 6.07) is 4.75. The van der Waals surface area contributed by atoms with E-state index in [0.29, 0.717) is 6.04 Å². The van der Waals surface area contributed by atoms with Crippen LogP contribution in [0.1, 0.15) is 10.9 Å². The second-order valence-corrected chi connectivity index (χ2v) is 5.16. The fraction of sp³-hybridized carbons (Fsp3) is 0.400. The second kappa shape index (κ2) is 4.40. The average Bonchev–Trinajstić information content (AvgIpc) is 2.73. The summed E-state index contributed by atoms with van der Waals surface area (Å²) in [5.41, 5.74) is 0. The zero-order valence-electron chi connectivity index (χ0n) is 8.24. The summed E-state index contributed by atoms with van der Waals surface area (Å²) in [5, 5.41) is 5.39. The molecule has 0 amide bonds. The Hall–Kier alpha value is -0.420. The number of hydrogen-bond donors (Lipinski definition) is 1. The molecule has 1 N–H and O–H groups in total. The molecular formula is C10H13NOS2. The van der Waals surface area contributed by atoms with Gasteiger partial charge in [0, 0.05) is 21.4 Å². The van der Waals surface area contributed by atoms with Gasteiger partial charge in [0.2, 0.25) is 0 Å². The minimum atomic E-state index is 0.324. The van der Waals surface area contributed by atoms with Gasteiger partial charge in [0.05, 0.1) is 12.6 Å². The maximum absolute atomic E-state index is 5.17. The van der Waals surface area contributed by atoms with Gasteiger partial charge in [-0.1, -0.05) is 0 Å². The molecule has 2 aromatic heterocycles. The molecular weight excluding hydrogens is 214 g/mol. The molecule has 0 fully saturated rings. The quantitative estimate of drug-likeness (QED) is 0.867. The number of rotatable bonds is 4. The minimum Gasteiger partial charge on any atom is -0.383 e. The summed E-state index contributed by atoms with van der Waals surface area (Å²) in [5.74, 6) is 0. The second-order valence-electron chi connectivity index (χ2n) is 3.09. The molecule has 2 nitrogen and oxygen atoms in total. The third-order valence-corrected chi connectivity index (χ3v) is 4.39. The van der Waals surface area contributed by atoms with Gasteiger partial charge in [-0.05, 0) is 24.6 Å². The fourth-order valence-electron chi connectivity index (χ4n) is 1.43. The Morgan fingerprint density at radius 3 is 3.00 bits per heavy atom. The maximum atomic E-state index is 5.17. The van der Waals surface area contributed by atoms with Crippen molar-refractivity contribution in [3.8, 4) is 0 Å². The van der Waals surface area contributed by atoms with Crippen LogP contribution in [0.3, 0.4) is 0 Å². The molecule has 2 heterocycles. The van der Waals surface area contributed by atoms with E-state index in [-0.39, 0.29) is 0 Å². The van der Waals surface area contributed by atoms with Crippen LogP contribution in [0.25, 0.3) is 9.40 Å². The van der Waals surface area contributed by atoms with Crippen LogP contribution in [-0.2, 0) is 4.74 Å². The van der Waals surface area contributed by atoms with E-state index in [1.165, 1.54) is 14.3 Å². The highest BCUT2D eigenvalue weighted by molar-refractivity contribution is 7.26. The van der Waals surface area contributed by atoms with Gasteiger partial charge >= 0.3 is 0 Å². The van der Waals surface area contributed by atoms with Crippen LogP contribution in [0.15, 0.2) is 17.5 Å². The molecule has 0 saturated carbocycles. The lowest BCUT2D eigenvalue weighted by molar-refractivity contribution is 0.171. The number of likely N-dealkylation sites (N-methyl/N-ethyl adjacent to an activating group) is 1. The van der Waals surface area contributed by atoms with Crippen LogP contribution in [0.5, 0.6) is 0 Å². The number of methoxy groups -OCH3 is 1. The van der Waals surface area contributed by atoms with Gasteiger partial charge in [0.25, 0.3) is 0 Å². The first-order valence-electron chi connectivity index (χ1n) is 4.48. The monoisotopic (exact) mass is 227 g/mol. The maximum Gasteiger partial charge on any atom is 0.0665 e. The first-order valence-corrected chi connectivity index (χ1v) is 6.18. The molecule has 1 unspecified atom stereocenters. The molecule has 0 aromatic carbocycles. The SMILES string of the molecule is CNC(COC)c1cc2sccc2s1. The molecule has 14 heavy (non-hydrogen) atoms. The minimum absolute atomic E-state index is 0.324. The number of thiophene rings is 2. The number of nitrogens with one attached hydrogen (secondary N) is 1. The summed E-state index contributed by atoms with van der Waals surface area (Å²) in [6.07, 6.45) is 0. The largest absolute Gasteiger partial charge is 0.383 e. The Bertz CT molecular complexity index is 378. The van der Waals surface area contributed by atoms with Gasteiger partial charge in [-0.25, -0.2) is 0 Å². The molecule has 0 aliphatic heterocycles. The Balaban J connectivity index is 2.27. The molecule has 1 atom stereocenters. The van der Waals surface area contributed by atoms with E-state index in [4.69, 9.17) is 4.74 Å². The molecule has 0 radical (unpaired) electrons. The van der Waals surface area contributed by atoms with Crippen LogP contribution >= 0.6 is 22.7 Å². The predicted molar refractivity (Wildman–Crippen MR) is 63.4 cm³/mol. The van der Waals surface area contributed by atoms with Crippen LogP contribution in [0.2, 0.25) is 0 Å². The molecule has 0 saturated heterocycles. The van der Waals surface area contributed by atoms with Gasteiger partial charge in [0.1, 0.15) is 0 Å². The Morgan fingerprint density at radius 1 is 1.50 bits per heavy atom. The average molecular weight is 227 g/mol. The molecule has 4 heteroatoms. The van der Waals surface area contributed by atoms with Gasteiger partial charge in [-0.2, -0.15) is 0 Å². The standard InChI is InChI=1S/C10H13NOS2/c1-11-7(6-12-2)9-5-10-8(14-9)3-4-13-10/h3-5,7,11H,6H2,1-2H3. The van der Waals surface area contributed by atoms with E-state index >= 15 is 0 Å². The predicted octanol–water partition coefficient (Wildman–Crippen LogP) is 2.87. The van der Waals surface area contributed by atoms with E-state index in [2.05, 4.69) is 22.8 Å². The van der Waals surface area contributed by atoms with Crippen molar-refractivity contribution in [1.82, 2.24) is 5.32 Å². The highest BCUT2D eigenvalue weighted by Crippen LogP contribution is 2.33. The summed E-state index contributed by atoms with van der Waals surface area (Å²) in [4.78, 5) is 1.36. The van der Waals surface area contributed by atoms with Crippen molar-refractivity contribution in [3.63, 3.8) is 0 Å². The van der Waals surface area contributed by atoms with Crippen molar-refractivity contribution in [2.45, 2.75) is 6.04 Å². The van der Waals surface area contributed by atoms with Gasteiger partial charge in [0.15, 0.2) is 0 Å². The van der Waals surface area contributed by atoms with Gasteiger partial charge in [-0.15, -0.1) is 22.7 Å². The third-order valence-electron chi connectivity index (χ3n) is 2.18. The van der Waals surface area contributed by atoms with E-state index < -0.39 is 0 Å². The number of ether oxygens (including phenoxy) is 1. The molecule has 76 valence electrons. The Kier molecular flexibility index (Phi) is 3.18. The number of hydrogen-bond acceptors (Lipinski definition) is 4. The van der Waals surface area contributed by atoms with Crippen molar-refractivity contribution in [1.29, 1.82) is 0 Å². The first-order chi connectivity index (χ1) is 6.85. The highest BCUT2D eigenvalue weighted by atomic mass is 32.1. The van der Waals surface area contributed by atoms with Crippen molar-refractivity contribution in [2.75, 3.05) is 20.8 Å². The summed E-state index contributed by atoms with van der Waals surface area (Å²) >= 11 is 3.64. The van der Waals surface area contributed by atoms with Gasteiger partial charge < -0.3 is 10.1 Å². The van der Waals surface area contributed by atoms with Crippen molar-refractivity contribution < 1.29 is 4.74 Å². The third kappa shape index (κ3) is 1.83. The lowest BCUT2D eigenvalue weighted by Crippen LogP contribution is -2.19. The molecule has 0 bridgehead atoms. The first kappa shape index (κ1) is 10.1. The van der Waals surface area contributed by atoms with Crippen molar-refractivity contribution in [2.24, 2.45) is 0 Å². The van der Waals surface area contributed by atoms with Crippen LogP contribution in [0.4, 0.5) is 0 Å². The molecule has 0 aliphatic rings. The lowest BCUT2D eigenvalue weighted by atomic mass is 10.2.